The molecule has 0 aliphatic carbocycles. The molecule has 0 aliphatic rings. The van der Waals surface area contributed by atoms with Gasteiger partial charge in [-0.05, 0) is 36.8 Å². The van der Waals surface area contributed by atoms with Crippen LogP contribution in [0.15, 0.2) is 42.5 Å². The van der Waals surface area contributed by atoms with Crippen molar-refractivity contribution < 1.29 is 9.90 Å². The fourth-order valence-corrected chi connectivity index (χ4v) is 2.54. The number of benzene rings is 2. The van der Waals surface area contributed by atoms with Crippen molar-refractivity contribution in [3.8, 4) is 0 Å². The van der Waals surface area contributed by atoms with Crippen LogP contribution in [0.3, 0.4) is 0 Å². The summed E-state index contributed by atoms with van der Waals surface area (Å²) >= 11 is 6.03. The summed E-state index contributed by atoms with van der Waals surface area (Å²) < 4.78 is 0. The number of aliphatic hydroxyl groups is 1. The van der Waals surface area contributed by atoms with E-state index < -0.39 is 6.10 Å². The smallest absolute Gasteiger partial charge is 0.319 e. The van der Waals surface area contributed by atoms with E-state index in [4.69, 9.17) is 11.6 Å². The molecular weight excluding hydrogens is 326 g/mol. The summed E-state index contributed by atoms with van der Waals surface area (Å²) in [5, 5.41) is 16.0. The van der Waals surface area contributed by atoms with E-state index in [2.05, 4.69) is 10.6 Å². The summed E-state index contributed by atoms with van der Waals surface area (Å²) in [7, 11) is 3.93. The standard InChI is InChI=1S/C18H22ClN3O2/c1-12-10-13(22(2)3)8-9-16(12)21-18(24)20-11-17(23)14-6-4-5-7-15(14)19/h4-10,17,23H,11H2,1-3H3,(H2,20,21,24). The van der Waals surface area contributed by atoms with Crippen LogP contribution in [-0.2, 0) is 0 Å². The number of aryl methyl sites for hydroxylation is 1. The van der Waals surface area contributed by atoms with Gasteiger partial charge in [-0.3, -0.25) is 0 Å². The van der Waals surface area contributed by atoms with Gasteiger partial charge in [-0.1, -0.05) is 29.8 Å². The first-order valence-corrected chi connectivity index (χ1v) is 8.01. The van der Waals surface area contributed by atoms with Crippen molar-refractivity contribution in [2.45, 2.75) is 13.0 Å². The minimum absolute atomic E-state index is 0.0738. The van der Waals surface area contributed by atoms with Gasteiger partial charge in [0.1, 0.15) is 0 Å². The molecule has 0 aliphatic heterocycles. The highest BCUT2D eigenvalue weighted by Gasteiger charge is 2.13. The van der Waals surface area contributed by atoms with Crippen LogP contribution in [0.25, 0.3) is 0 Å². The number of amides is 2. The second-order valence-electron chi connectivity index (χ2n) is 5.77. The molecule has 6 heteroatoms. The van der Waals surface area contributed by atoms with Crippen molar-refractivity contribution in [2.75, 3.05) is 30.9 Å². The van der Waals surface area contributed by atoms with E-state index in [0.717, 1.165) is 16.9 Å². The Morgan fingerprint density at radius 3 is 2.58 bits per heavy atom. The fraction of sp³-hybridized carbons (Fsp3) is 0.278. The van der Waals surface area contributed by atoms with E-state index in [-0.39, 0.29) is 12.6 Å². The maximum atomic E-state index is 12.0. The van der Waals surface area contributed by atoms with Crippen LogP contribution in [-0.4, -0.2) is 31.8 Å². The average molecular weight is 348 g/mol. The van der Waals surface area contributed by atoms with E-state index in [1.165, 1.54) is 0 Å². The Hall–Kier alpha value is -2.24. The van der Waals surface area contributed by atoms with Gasteiger partial charge in [-0.15, -0.1) is 0 Å². The number of nitrogens with one attached hydrogen (secondary N) is 2. The average Bonchev–Trinajstić information content (AvgIpc) is 2.54. The Morgan fingerprint density at radius 2 is 1.96 bits per heavy atom. The summed E-state index contributed by atoms with van der Waals surface area (Å²) in [6.07, 6.45) is -0.860. The van der Waals surface area contributed by atoms with E-state index >= 15 is 0 Å². The highest BCUT2D eigenvalue weighted by molar-refractivity contribution is 6.31. The van der Waals surface area contributed by atoms with Gasteiger partial charge in [0.15, 0.2) is 0 Å². The number of hydrogen-bond acceptors (Lipinski definition) is 3. The summed E-state index contributed by atoms with van der Waals surface area (Å²) in [5.41, 5.74) is 3.34. The molecule has 0 spiro atoms. The third kappa shape index (κ3) is 4.63. The predicted molar refractivity (Wildman–Crippen MR) is 98.9 cm³/mol. The Morgan fingerprint density at radius 1 is 1.25 bits per heavy atom. The Kier molecular flexibility index (Phi) is 6.06. The van der Waals surface area contributed by atoms with Gasteiger partial charge in [0.05, 0.1) is 6.10 Å². The molecule has 0 radical (unpaired) electrons. The molecule has 2 amide bonds. The van der Waals surface area contributed by atoms with Crippen LogP contribution in [0, 0.1) is 6.92 Å². The second kappa shape index (κ2) is 8.04. The Labute approximate surface area is 147 Å². The molecule has 2 aromatic rings. The van der Waals surface area contributed by atoms with Gasteiger partial charge in [0, 0.05) is 42.6 Å². The highest BCUT2D eigenvalue weighted by Crippen LogP contribution is 2.23. The normalized spacial score (nSPS) is 11.7. The molecular formula is C18H22ClN3O2. The first kappa shape index (κ1) is 18.1. The molecule has 128 valence electrons. The van der Waals surface area contributed by atoms with Crippen molar-refractivity contribution >= 4 is 29.0 Å². The molecule has 0 fully saturated rings. The molecule has 3 N–H and O–H groups in total. The zero-order chi connectivity index (χ0) is 17.7. The third-order valence-corrected chi connectivity index (χ3v) is 4.04. The summed E-state index contributed by atoms with van der Waals surface area (Å²) in [4.78, 5) is 14.0. The second-order valence-corrected chi connectivity index (χ2v) is 6.17. The summed E-state index contributed by atoms with van der Waals surface area (Å²) in [6.45, 7) is 2.01. The van der Waals surface area contributed by atoms with Crippen LogP contribution < -0.4 is 15.5 Å². The number of rotatable bonds is 5. The molecule has 0 saturated carbocycles. The lowest BCUT2D eigenvalue weighted by atomic mass is 10.1. The molecule has 2 aromatic carbocycles. The molecule has 0 aromatic heterocycles. The first-order valence-electron chi connectivity index (χ1n) is 7.64. The van der Waals surface area contributed by atoms with E-state index in [0.29, 0.717) is 10.6 Å². The topological polar surface area (TPSA) is 64.6 Å². The monoisotopic (exact) mass is 347 g/mol. The SMILES string of the molecule is Cc1cc(N(C)C)ccc1NC(=O)NCC(O)c1ccccc1Cl. The molecule has 1 atom stereocenters. The van der Waals surface area contributed by atoms with Gasteiger partial charge >= 0.3 is 6.03 Å². The molecule has 0 heterocycles. The summed E-state index contributed by atoms with van der Waals surface area (Å²) in [5.74, 6) is 0. The Balaban J connectivity index is 1.93. The summed E-state index contributed by atoms with van der Waals surface area (Å²) in [6, 6.07) is 12.4. The zero-order valence-electron chi connectivity index (χ0n) is 14.0. The number of hydrogen-bond donors (Lipinski definition) is 3. The Bertz CT molecular complexity index is 719. The molecule has 5 nitrogen and oxygen atoms in total. The maximum Gasteiger partial charge on any atom is 0.319 e. The number of aliphatic hydroxyl groups excluding tert-OH is 1. The van der Waals surface area contributed by atoms with Crippen LogP contribution >= 0.6 is 11.6 Å². The van der Waals surface area contributed by atoms with E-state index in [9.17, 15) is 9.90 Å². The fourth-order valence-electron chi connectivity index (χ4n) is 2.28. The predicted octanol–water partition coefficient (Wildman–Crippen LogP) is 3.57. The molecule has 0 saturated heterocycles. The maximum absolute atomic E-state index is 12.0. The highest BCUT2D eigenvalue weighted by atomic mass is 35.5. The van der Waals surface area contributed by atoms with E-state index in [1.807, 2.05) is 44.1 Å². The van der Waals surface area contributed by atoms with Crippen LogP contribution in [0.2, 0.25) is 5.02 Å². The molecule has 1 unspecified atom stereocenters. The lowest BCUT2D eigenvalue weighted by Gasteiger charge is -2.17. The minimum Gasteiger partial charge on any atom is -0.387 e. The largest absolute Gasteiger partial charge is 0.387 e. The van der Waals surface area contributed by atoms with Crippen molar-refractivity contribution in [2.24, 2.45) is 0 Å². The minimum atomic E-state index is -0.860. The number of carbonyl (C=O) groups excluding carboxylic acids is 1. The number of carbonyl (C=O) groups is 1. The van der Waals surface area contributed by atoms with Crippen LogP contribution in [0.5, 0.6) is 0 Å². The van der Waals surface area contributed by atoms with Gasteiger partial charge in [0.2, 0.25) is 0 Å². The molecule has 24 heavy (non-hydrogen) atoms. The van der Waals surface area contributed by atoms with Crippen molar-refractivity contribution in [1.29, 1.82) is 0 Å². The number of urea groups is 1. The first-order chi connectivity index (χ1) is 11.4. The lowest BCUT2D eigenvalue weighted by Crippen LogP contribution is -2.32. The van der Waals surface area contributed by atoms with Crippen molar-refractivity contribution in [1.82, 2.24) is 5.32 Å². The third-order valence-electron chi connectivity index (χ3n) is 3.69. The molecule has 0 bridgehead atoms. The van der Waals surface area contributed by atoms with Gasteiger partial charge in [-0.25, -0.2) is 4.79 Å². The number of nitrogens with zero attached hydrogens (tertiary/aromatic N) is 1. The number of anilines is 2. The van der Waals surface area contributed by atoms with Crippen LogP contribution in [0.4, 0.5) is 16.2 Å². The van der Waals surface area contributed by atoms with Gasteiger partial charge < -0.3 is 20.6 Å². The molecule has 2 rings (SSSR count). The lowest BCUT2D eigenvalue weighted by molar-refractivity contribution is 0.175. The van der Waals surface area contributed by atoms with Crippen LogP contribution in [0.1, 0.15) is 17.2 Å². The van der Waals surface area contributed by atoms with E-state index in [1.54, 1.807) is 24.3 Å². The quantitative estimate of drug-likeness (QED) is 0.774. The number of halogens is 1. The zero-order valence-corrected chi connectivity index (χ0v) is 14.8. The van der Waals surface area contributed by atoms with Gasteiger partial charge in [-0.2, -0.15) is 0 Å². The van der Waals surface area contributed by atoms with Gasteiger partial charge in [0.25, 0.3) is 0 Å². The van der Waals surface area contributed by atoms with Crippen molar-refractivity contribution in [3.05, 3.63) is 58.6 Å². The van der Waals surface area contributed by atoms with Crippen molar-refractivity contribution in [3.63, 3.8) is 0 Å².